The molecule has 1 aromatic rings. The van der Waals surface area contributed by atoms with Crippen LogP contribution in [0.1, 0.15) is 11.1 Å². The molecule has 0 heterocycles. The molecule has 0 amide bonds. The normalized spacial score (nSPS) is 11.8. The van der Waals surface area contributed by atoms with Gasteiger partial charge in [0.2, 0.25) is 0 Å². The molecule has 0 aliphatic carbocycles. The third kappa shape index (κ3) is 2.18. The average molecular weight is 194 g/mol. The zero-order chi connectivity index (χ0) is 10.1. The van der Waals surface area contributed by atoms with Gasteiger partial charge < -0.3 is 5.11 Å². The highest BCUT2D eigenvalue weighted by atomic mass is 19.4. The number of hydrogen-bond donors (Lipinski definition) is 1. The van der Waals surface area contributed by atoms with Gasteiger partial charge in [-0.25, -0.2) is 4.39 Å². The fourth-order valence-electron chi connectivity index (χ4n) is 0.950. The molecule has 0 saturated carbocycles. The summed E-state index contributed by atoms with van der Waals surface area (Å²) < 4.78 is 48.8. The van der Waals surface area contributed by atoms with Gasteiger partial charge >= 0.3 is 6.18 Å². The largest absolute Gasteiger partial charge is 0.416 e. The second-order valence-corrected chi connectivity index (χ2v) is 2.46. The lowest BCUT2D eigenvalue weighted by atomic mass is 10.1. The van der Waals surface area contributed by atoms with Crippen molar-refractivity contribution in [3.05, 3.63) is 35.1 Å². The zero-order valence-corrected chi connectivity index (χ0v) is 6.40. The fourth-order valence-corrected chi connectivity index (χ4v) is 0.950. The van der Waals surface area contributed by atoms with Crippen molar-refractivity contribution >= 4 is 0 Å². The van der Waals surface area contributed by atoms with E-state index in [0.29, 0.717) is 6.07 Å². The lowest BCUT2D eigenvalue weighted by Crippen LogP contribution is -2.09. The van der Waals surface area contributed by atoms with E-state index in [-0.39, 0.29) is 5.56 Å². The van der Waals surface area contributed by atoms with Crippen LogP contribution in [0.5, 0.6) is 0 Å². The topological polar surface area (TPSA) is 20.2 Å². The highest BCUT2D eigenvalue weighted by Gasteiger charge is 2.33. The maximum atomic E-state index is 12.4. The van der Waals surface area contributed by atoms with E-state index in [4.69, 9.17) is 5.11 Å². The van der Waals surface area contributed by atoms with E-state index in [0.717, 1.165) is 12.1 Å². The van der Waals surface area contributed by atoms with Crippen LogP contribution >= 0.6 is 0 Å². The summed E-state index contributed by atoms with van der Waals surface area (Å²) in [4.78, 5) is 0. The van der Waals surface area contributed by atoms with Gasteiger partial charge in [0.1, 0.15) is 5.82 Å². The molecule has 0 aliphatic heterocycles. The van der Waals surface area contributed by atoms with Crippen molar-refractivity contribution < 1.29 is 22.7 Å². The molecule has 1 nitrogen and oxygen atoms in total. The molecule has 5 heteroatoms. The van der Waals surface area contributed by atoms with Gasteiger partial charge in [0, 0.05) is 0 Å². The number of aliphatic hydroxyl groups is 1. The van der Waals surface area contributed by atoms with Crippen LogP contribution in [0.2, 0.25) is 0 Å². The number of aliphatic hydroxyl groups excluding tert-OH is 1. The van der Waals surface area contributed by atoms with Crippen molar-refractivity contribution in [3.8, 4) is 0 Å². The summed E-state index contributed by atoms with van der Waals surface area (Å²) >= 11 is 0. The lowest BCUT2D eigenvalue weighted by molar-refractivity contribution is -0.138. The first-order chi connectivity index (χ1) is 5.95. The molecule has 1 rings (SSSR count). The Hall–Kier alpha value is -1.10. The second kappa shape index (κ2) is 3.33. The van der Waals surface area contributed by atoms with Crippen molar-refractivity contribution in [1.29, 1.82) is 0 Å². The van der Waals surface area contributed by atoms with Gasteiger partial charge in [-0.3, -0.25) is 0 Å². The summed E-state index contributed by atoms with van der Waals surface area (Å²) in [7, 11) is 0. The Morgan fingerprint density at radius 2 is 1.85 bits per heavy atom. The van der Waals surface area contributed by atoms with Crippen molar-refractivity contribution in [3.63, 3.8) is 0 Å². The van der Waals surface area contributed by atoms with Crippen LogP contribution in [0.4, 0.5) is 17.6 Å². The van der Waals surface area contributed by atoms with Gasteiger partial charge in [0.25, 0.3) is 0 Å². The van der Waals surface area contributed by atoms with Gasteiger partial charge in [-0.1, -0.05) is 6.07 Å². The van der Waals surface area contributed by atoms with Gasteiger partial charge in [-0.2, -0.15) is 13.2 Å². The monoisotopic (exact) mass is 194 g/mol. The fraction of sp³-hybridized carbons (Fsp3) is 0.250. The van der Waals surface area contributed by atoms with Crippen LogP contribution in [-0.4, -0.2) is 5.11 Å². The summed E-state index contributed by atoms with van der Waals surface area (Å²) in [5, 5.41) is 8.55. The third-order valence-corrected chi connectivity index (χ3v) is 1.55. The number of halogens is 4. The van der Waals surface area contributed by atoms with E-state index in [1.807, 2.05) is 0 Å². The summed E-state index contributed by atoms with van der Waals surface area (Å²) in [5.41, 5.74) is -1.45. The van der Waals surface area contributed by atoms with E-state index in [1.54, 1.807) is 0 Å². The summed E-state index contributed by atoms with van der Waals surface area (Å²) in [5.74, 6) is -0.968. The Kier molecular flexibility index (Phi) is 2.56. The first-order valence-electron chi connectivity index (χ1n) is 3.41. The van der Waals surface area contributed by atoms with Crippen molar-refractivity contribution in [1.82, 2.24) is 0 Å². The molecule has 1 N–H and O–H groups in total. The van der Waals surface area contributed by atoms with Crippen LogP contribution in [0, 0.1) is 5.82 Å². The molecular formula is C8H6F4O. The number of alkyl halides is 3. The number of hydrogen-bond acceptors (Lipinski definition) is 1. The summed E-state index contributed by atoms with van der Waals surface area (Å²) in [6.07, 6.45) is -4.62. The lowest BCUT2D eigenvalue weighted by Gasteiger charge is -2.10. The highest BCUT2D eigenvalue weighted by molar-refractivity contribution is 5.29. The predicted octanol–water partition coefficient (Wildman–Crippen LogP) is 2.34. The number of rotatable bonds is 1. The molecule has 0 atom stereocenters. The average Bonchev–Trinajstić information content (AvgIpc) is 2.03. The standard InChI is InChI=1S/C8H6F4O/c9-6-2-1-5(4-13)7(3-6)8(10,11)12/h1-3,13H,4H2. The third-order valence-electron chi connectivity index (χ3n) is 1.55. The molecule has 0 radical (unpaired) electrons. The van der Waals surface area contributed by atoms with Crippen molar-refractivity contribution in [2.75, 3.05) is 0 Å². The van der Waals surface area contributed by atoms with Crippen LogP contribution in [0.25, 0.3) is 0 Å². The summed E-state index contributed by atoms with van der Waals surface area (Å²) in [6, 6.07) is 2.16. The minimum Gasteiger partial charge on any atom is -0.392 e. The first-order valence-corrected chi connectivity index (χ1v) is 3.41. The molecule has 0 fully saturated rings. The molecule has 1 aromatic carbocycles. The van der Waals surface area contributed by atoms with Gasteiger partial charge in [-0.15, -0.1) is 0 Å². The Morgan fingerprint density at radius 3 is 2.31 bits per heavy atom. The molecule has 72 valence electrons. The Morgan fingerprint density at radius 1 is 1.23 bits per heavy atom. The molecule has 0 unspecified atom stereocenters. The maximum Gasteiger partial charge on any atom is 0.416 e. The molecular weight excluding hydrogens is 188 g/mol. The van der Waals surface area contributed by atoms with Crippen molar-refractivity contribution in [2.45, 2.75) is 12.8 Å². The maximum absolute atomic E-state index is 12.4. The molecule has 0 aliphatic rings. The minimum atomic E-state index is -4.62. The van der Waals surface area contributed by atoms with E-state index in [9.17, 15) is 17.6 Å². The van der Waals surface area contributed by atoms with Crippen LogP contribution in [-0.2, 0) is 12.8 Å². The Bertz CT molecular complexity index is 306. The summed E-state index contributed by atoms with van der Waals surface area (Å²) in [6.45, 7) is -0.755. The molecule has 0 aromatic heterocycles. The van der Waals surface area contributed by atoms with Crippen molar-refractivity contribution in [2.24, 2.45) is 0 Å². The Labute approximate surface area is 71.6 Å². The predicted molar refractivity (Wildman–Crippen MR) is 37.3 cm³/mol. The molecule has 0 saturated heterocycles. The molecule has 0 spiro atoms. The number of benzene rings is 1. The SMILES string of the molecule is OCc1ccc(F)cc1C(F)(F)F. The van der Waals surface area contributed by atoms with Crippen LogP contribution < -0.4 is 0 Å². The second-order valence-electron chi connectivity index (χ2n) is 2.46. The van der Waals surface area contributed by atoms with E-state index >= 15 is 0 Å². The Balaban J connectivity index is 3.24. The van der Waals surface area contributed by atoms with Crippen LogP contribution in [0.15, 0.2) is 18.2 Å². The van der Waals surface area contributed by atoms with Gasteiger partial charge in [0.05, 0.1) is 12.2 Å². The molecule has 0 bridgehead atoms. The van der Waals surface area contributed by atoms with Gasteiger partial charge in [-0.05, 0) is 17.7 Å². The smallest absolute Gasteiger partial charge is 0.392 e. The minimum absolute atomic E-state index is 0.325. The first kappa shape index (κ1) is 9.98. The van der Waals surface area contributed by atoms with E-state index in [2.05, 4.69) is 0 Å². The highest BCUT2D eigenvalue weighted by Crippen LogP contribution is 2.32. The molecule has 13 heavy (non-hydrogen) atoms. The van der Waals surface area contributed by atoms with E-state index in [1.165, 1.54) is 0 Å². The van der Waals surface area contributed by atoms with E-state index < -0.39 is 24.2 Å². The van der Waals surface area contributed by atoms with Gasteiger partial charge in [0.15, 0.2) is 0 Å². The van der Waals surface area contributed by atoms with Crippen LogP contribution in [0.3, 0.4) is 0 Å². The quantitative estimate of drug-likeness (QED) is 0.680. The zero-order valence-electron chi connectivity index (χ0n) is 6.40.